The minimum Gasteiger partial charge on any atom is -0.371 e. The van der Waals surface area contributed by atoms with Crippen LogP contribution in [0.1, 0.15) is 16.8 Å². The average molecular weight is 399 g/mol. The molecular weight excluding hydrogens is 380 g/mol. The van der Waals surface area contributed by atoms with Gasteiger partial charge in [-0.05, 0) is 42.7 Å². The molecule has 5 nitrogen and oxygen atoms in total. The van der Waals surface area contributed by atoms with Crippen LogP contribution in [0.15, 0.2) is 53.3 Å². The van der Waals surface area contributed by atoms with Crippen molar-refractivity contribution in [3.05, 3.63) is 58.8 Å². The van der Waals surface area contributed by atoms with Crippen molar-refractivity contribution in [2.45, 2.75) is 6.42 Å². The van der Waals surface area contributed by atoms with Crippen molar-refractivity contribution in [1.82, 2.24) is 15.3 Å². The molecule has 1 aliphatic rings. The third-order valence-corrected chi connectivity index (χ3v) is 5.20. The van der Waals surface area contributed by atoms with Crippen LogP contribution < -0.4 is 10.2 Å². The highest BCUT2D eigenvalue weighted by atomic mass is 79.9. The highest BCUT2D eigenvalue weighted by Gasteiger charge is 2.23. The van der Waals surface area contributed by atoms with Gasteiger partial charge in [0.2, 0.25) is 0 Å². The van der Waals surface area contributed by atoms with Crippen LogP contribution in [0.4, 0.5) is 5.69 Å². The lowest BCUT2D eigenvalue weighted by atomic mass is 10.1. The second-order valence-corrected chi connectivity index (χ2v) is 7.31. The van der Waals surface area contributed by atoms with Crippen molar-refractivity contribution in [2.24, 2.45) is 5.92 Å². The number of hydrogen-bond acceptors (Lipinski definition) is 3. The van der Waals surface area contributed by atoms with Gasteiger partial charge in [-0.15, -0.1) is 0 Å². The number of fused-ring (bicyclic) bond motifs is 1. The van der Waals surface area contributed by atoms with E-state index in [1.807, 2.05) is 18.2 Å². The lowest BCUT2D eigenvalue weighted by Crippen LogP contribution is -2.30. The Kier molecular flexibility index (Phi) is 4.44. The molecule has 3 aromatic rings. The number of pyridine rings is 1. The molecule has 4 rings (SSSR count). The van der Waals surface area contributed by atoms with Gasteiger partial charge in [-0.2, -0.15) is 0 Å². The van der Waals surface area contributed by atoms with E-state index in [1.54, 1.807) is 12.4 Å². The summed E-state index contributed by atoms with van der Waals surface area (Å²) in [5.41, 5.74) is 2.63. The van der Waals surface area contributed by atoms with E-state index in [2.05, 4.69) is 54.3 Å². The van der Waals surface area contributed by atoms with Gasteiger partial charge in [0.25, 0.3) is 5.91 Å². The summed E-state index contributed by atoms with van der Waals surface area (Å²) in [5, 5.41) is 3.94. The molecule has 0 bridgehead atoms. The summed E-state index contributed by atoms with van der Waals surface area (Å²) >= 11 is 3.52. The highest BCUT2D eigenvalue weighted by molar-refractivity contribution is 9.10. The van der Waals surface area contributed by atoms with Gasteiger partial charge in [0, 0.05) is 47.6 Å². The standard InChI is InChI=1S/C19H19BrN4O/c20-14-3-1-4-15(9-14)24-8-6-13(12-24)10-23-19(25)17-11-22-18-16(17)5-2-7-21-18/h1-5,7,9,11,13H,6,8,10,12H2,(H,21,22)(H,23,25). The van der Waals surface area contributed by atoms with Gasteiger partial charge in [0.15, 0.2) is 0 Å². The summed E-state index contributed by atoms with van der Waals surface area (Å²) in [6, 6.07) is 12.1. The molecule has 1 aromatic carbocycles. The quantitative estimate of drug-likeness (QED) is 0.705. The maximum Gasteiger partial charge on any atom is 0.253 e. The molecule has 2 N–H and O–H groups in total. The average Bonchev–Trinajstić information content (AvgIpc) is 3.27. The number of rotatable bonds is 4. The van der Waals surface area contributed by atoms with Crippen LogP contribution in [0.5, 0.6) is 0 Å². The molecule has 128 valence electrons. The molecule has 1 amide bonds. The van der Waals surface area contributed by atoms with E-state index in [0.29, 0.717) is 18.0 Å². The van der Waals surface area contributed by atoms with Crippen molar-refractivity contribution in [1.29, 1.82) is 0 Å². The molecule has 2 aromatic heterocycles. The number of carbonyl (C=O) groups excluding carboxylic acids is 1. The number of nitrogens with zero attached hydrogens (tertiary/aromatic N) is 2. The van der Waals surface area contributed by atoms with Gasteiger partial charge in [-0.1, -0.05) is 22.0 Å². The number of benzene rings is 1. The first-order chi connectivity index (χ1) is 12.2. The molecule has 25 heavy (non-hydrogen) atoms. The molecule has 0 aliphatic carbocycles. The Morgan fingerprint density at radius 1 is 1.36 bits per heavy atom. The summed E-state index contributed by atoms with van der Waals surface area (Å²) < 4.78 is 1.09. The Labute approximate surface area is 154 Å². The van der Waals surface area contributed by atoms with Gasteiger partial charge >= 0.3 is 0 Å². The third-order valence-electron chi connectivity index (χ3n) is 4.71. The van der Waals surface area contributed by atoms with Crippen LogP contribution in [-0.4, -0.2) is 35.5 Å². The second kappa shape index (κ2) is 6.88. The van der Waals surface area contributed by atoms with Crippen molar-refractivity contribution in [3.63, 3.8) is 0 Å². The highest BCUT2D eigenvalue weighted by Crippen LogP contribution is 2.26. The normalized spacial score (nSPS) is 17.2. The van der Waals surface area contributed by atoms with E-state index in [1.165, 1.54) is 5.69 Å². The Balaban J connectivity index is 1.37. The summed E-state index contributed by atoms with van der Waals surface area (Å²) in [5.74, 6) is 0.423. The minimum absolute atomic E-state index is 0.0415. The first-order valence-electron chi connectivity index (χ1n) is 8.41. The van der Waals surface area contributed by atoms with Crippen LogP contribution in [0.2, 0.25) is 0 Å². The minimum atomic E-state index is -0.0415. The molecule has 1 fully saturated rings. The Bertz CT molecular complexity index is 907. The summed E-state index contributed by atoms with van der Waals surface area (Å²) in [6.07, 6.45) is 4.53. The molecule has 1 atom stereocenters. The fourth-order valence-electron chi connectivity index (χ4n) is 3.38. The van der Waals surface area contributed by atoms with Gasteiger partial charge in [0.05, 0.1) is 5.56 Å². The zero-order valence-corrected chi connectivity index (χ0v) is 15.3. The molecule has 0 radical (unpaired) electrons. The monoisotopic (exact) mass is 398 g/mol. The second-order valence-electron chi connectivity index (χ2n) is 6.39. The smallest absolute Gasteiger partial charge is 0.253 e. The van der Waals surface area contributed by atoms with Crippen molar-refractivity contribution < 1.29 is 4.79 Å². The topological polar surface area (TPSA) is 61.0 Å². The van der Waals surface area contributed by atoms with E-state index >= 15 is 0 Å². The summed E-state index contributed by atoms with van der Waals surface area (Å²) in [6.45, 7) is 2.68. The molecule has 3 heterocycles. The number of H-pyrrole nitrogens is 1. The largest absolute Gasteiger partial charge is 0.371 e. The predicted molar refractivity (Wildman–Crippen MR) is 103 cm³/mol. The molecule has 1 saturated heterocycles. The molecule has 0 saturated carbocycles. The van der Waals surface area contributed by atoms with Crippen molar-refractivity contribution in [3.8, 4) is 0 Å². The molecule has 6 heteroatoms. The first kappa shape index (κ1) is 16.1. The molecule has 0 spiro atoms. The summed E-state index contributed by atoms with van der Waals surface area (Å²) in [4.78, 5) is 22.1. The number of nitrogens with one attached hydrogen (secondary N) is 2. The van der Waals surface area contributed by atoms with Crippen LogP contribution in [0.25, 0.3) is 11.0 Å². The zero-order chi connectivity index (χ0) is 17.2. The fraction of sp³-hybridized carbons (Fsp3) is 0.263. The van der Waals surface area contributed by atoms with Crippen LogP contribution >= 0.6 is 15.9 Å². The van der Waals surface area contributed by atoms with E-state index in [0.717, 1.165) is 35.0 Å². The fourth-order valence-corrected chi connectivity index (χ4v) is 3.77. The number of anilines is 1. The SMILES string of the molecule is O=C(NCC1CCN(c2cccc(Br)c2)C1)c1c[nH]c2ncccc12. The first-order valence-corrected chi connectivity index (χ1v) is 9.21. The number of carbonyl (C=O) groups is 1. The molecular formula is C19H19BrN4O. The number of aromatic amines is 1. The Morgan fingerprint density at radius 3 is 3.16 bits per heavy atom. The van der Waals surface area contributed by atoms with Crippen LogP contribution in [-0.2, 0) is 0 Å². The van der Waals surface area contributed by atoms with Crippen LogP contribution in [0.3, 0.4) is 0 Å². The Hall–Kier alpha value is -2.34. The predicted octanol–water partition coefficient (Wildman–Crippen LogP) is 3.58. The number of aromatic nitrogens is 2. The lowest BCUT2D eigenvalue weighted by Gasteiger charge is -2.19. The molecule has 1 aliphatic heterocycles. The zero-order valence-electron chi connectivity index (χ0n) is 13.7. The van der Waals surface area contributed by atoms with Gasteiger partial charge in [-0.3, -0.25) is 4.79 Å². The van der Waals surface area contributed by atoms with Crippen molar-refractivity contribution in [2.75, 3.05) is 24.5 Å². The van der Waals surface area contributed by atoms with Gasteiger partial charge in [0.1, 0.15) is 5.65 Å². The summed E-state index contributed by atoms with van der Waals surface area (Å²) in [7, 11) is 0. The maximum atomic E-state index is 12.5. The van der Waals surface area contributed by atoms with E-state index in [-0.39, 0.29) is 5.91 Å². The number of hydrogen-bond donors (Lipinski definition) is 2. The number of amides is 1. The van der Waals surface area contributed by atoms with Gasteiger partial charge in [-0.25, -0.2) is 4.98 Å². The third kappa shape index (κ3) is 3.39. The maximum absolute atomic E-state index is 12.5. The van der Waals surface area contributed by atoms with E-state index in [9.17, 15) is 4.79 Å². The lowest BCUT2D eigenvalue weighted by molar-refractivity contribution is 0.0950. The Morgan fingerprint density at radius 2 is 2.28 bits per heavy atom. The molecule has 1 unspecified atom stereocenters. The van der Waals surface area contributed by atoms with Crippen molar-refractivity contribution >= 4 is 38.6 Å². The van der Waals surface area contributed by atoms with E-state index < -0.39 is 0 Å². The number of halogens is 1. The van der Waals surface area contributed by atoms with Gasteiger partial charge < -0.3 is 15.2 Å². The van der Waals surface area contributed by atoms with E-state index in [4.69, 9.17) is 0 Å². The van der Waals surface area contributed by atoms with Crippen LogP contribution in [0, 0.1) is 5.92 Å².